The van der Waals surface area contributed by atoms with Crippen LogP contribution in [-0.4, -0.2) is 50.5 Å². The number of aromatic nitrogens is 1. The maximum Gasteiger partial charge on any atom is 0.434 e. The lowest BCUT2D eigenvalue weighted by atomic mass is 10.3. The number of nitrogens with zero attached hydrogens (tertiary/aromatic N) is 2. The first kappa shape index (κ1) is 22.4. The molecule has 1 unspecified atom stereocenters. The van der Waals surface area contributed by atoms with E-state index in [1.807, 2.05) is 0 Å². The van der Waals surface area contributed by atoms with Crippen molar-refractivity contribution < 1.29 is 22.6 Å². The van der Waals surface area contributed by atoms with Crippen LogP contribution in [0.4, 0.5) is 13.2 Å². The third-order valence-electron chi connectivity index (χ3n) is 3.33. The Kier molecular flexibility index (Phi) is 9.97. The first-order valence-corrected chi connectivity index (χ1v) is 8.52. The third kappa shape index (κ3) is 8.05. The van der Waals surface area contributed by atoms with E-state index in [2.05, 4.69) is 20.6 Å². The van der Waals surface area contributed by atoms with Crippen molar-refractivity contribution in [3.8, 4) is 0 Å². The molecule has 1 aliphatic heterocycles. The van der Waals surface area contributed by atoms with Crippen LogP contribution in [0.25, 0.3) is 0 Å². The Morgan fingerprint density at radius 3 is 2.88 bits per heavy atom. The Bertz CT molecular complexity index is 536. The van der Waals surface area contributed by atoms with Gasteiger partial charge in [0.05, 0.1) is 19.3 Å². The highest BCUT2D eigenvalue weighted by Gasteiger charge is 2.33. The minimum Gasteiger partial charge on any atom is -0.379 e. The van der Waals surface area contributed by atoms with Gasteiger partial charge in [-0.1, -0.05) is 0 Å². The summed E-state index contributed by atoms with van der Waals surface area (Å²) in [6.45, 7) is 2.88. The summed E-state index contributed by atoms with van der Waals surface area (Å²) in [6, 6.07) is 0. The summed E-state index contributed by atoms with van der Waals surface area (Å²) in [5.41, 5.74) is -0.861. The smallest absolute Gasteiger partial charge is 0.379 e. The minimum absolute atomic E-state index is 0. The maximum atomic E-state index is 12.5. The predicted octanol–water partition coefficient (Wildman–Crippen LogP) is 2.64. The van der Waals surface area contributed by atoms with Crippen molar-refractivity contribution in [2.24, 2.45) is 4.99 Å². The zero-order chi connectivity index (χ0) is 17.4. The fourth-order valence-corrected chi connectivity index (χ4v) is 2.82. The molecule has 144 valence electrons. The first-order valence-electron chi connectivity index (χ1n) is 7.64. The first-order chi connectivity index (χ1) is 11.5. The van der Waals surface area contributed by atoms with Crippen LogP contribution < -0.4 is 10.6 Å². The lowest BCUT2D eigenvalue weighted by molar-refractivity contribution is -0.140. The Morgan fingerprint density at radius 2 is 2.28 bits per heavy atom. The van der Waals surface area contributed by atoms with Crippen LogP contribution in [0.3, 0.4) is 0 Å². The van der Waals surface area contributed by atoms with E-state index in [9.17, 15) is 13.2 Å². The molecular formula is C14H22F3IN4O2S. The molecule has 0 aliphatic carbocycles. The van der Waals surface area contributed by atoms with Crippen molar-refractivity contribution in [3.05, 3.63) is 16.1 Å². The number of halogens is 4. The van der Waals surface area contributed by atoms with Gasteiger partial charge in [-0.25, -0.2) is 4.98 Å². The van der Waals surface area contributed by atoms with Crippen molar-refractivity contribution in [3.63, 3.8) is 0 Å². The lowest BCUT2D eigenvalue weighted by Crippen LogP contribution is -2.37. The zero-order valence-electron chi connectivity index (χ0n) is 13.8. The largest absolute Gasteiger partial charge is 0.434 e. The summed E-state index contributed by atoms with van der Waals surface area (Å²) in [5, 5.41) is 7.39. The monoisotopic (exact) mass is 494 g/mol. The molecule has 2 heterocycles. The molecule has 1 aromatic rings. The molecule has 2 rings (SSSR count). The molecule has 1 fully saturated rings. The predicted molar refractivity (Wildman–Crippen MR) is 101 cm³/mol. The van der Waals surface area contributed by atoms with E-state index in [4.69, 9.17) is 9.47 Å². The van der Waals surface area contributed by atoms with Crippen LogP contribution in [0.5, 0.6) is 0 Å². The van der Waals surface area contributed by atoms with E-state index in [0.717, 1.165) is 36.2 Å². The fourth-order valence-electron chi connectivity index (χ4n) is 2.08. The normalized spacial score (nSPS) is 18.1. The van der Waals surface area contributed by atoms with Crippen molar-refractivity contribution in [1.29, 1.82) is 0 Å². The number of guanidine groups is 1. The molecule has 1 saturated heterocycles. The number of ether oxygens (including phenoxy) is 2. The molecule has 25 heavy (non-hydrogen) atoms. The Hall–Kier alpha value is -0.660. The van der Waals surface area contributed by atoms with Gasteiger partial charge >= 0.3 is 6.18 Å². The summed E-state index contributed by atoms with van der Waals surface area (Å²) in [4.78, 5) is 7.58. The Morgan fingerprint density at radius 1 is 1.48 bits per heavy atom. The molecule has 0 bridgehead atoms. The van der Waals surface area contributed by atoms with E-state index in [1.54, 1.807) is 7.05 Å². The number of rotatable bonds is 7. The molecule has 0 amide bonds. The number of hydrogen-bond acceptors (Lipinski definition) is 5. The van der Waals surface area contributed by atoms with Gasteiger partial charge in [-0.3, -0.25) is 4.99 Å². The zero-order valence-corrected chi connectivity index (χ0v) is 16.9. The molecule has 1 aliphatic rings. The lowest BCUT2D eigenvalue weighted by Gasteiger charge is -2.12. The summed E-state index contributed by atoms with van der Waals surface area (Å²) in [6.07, 6.45) is -2.48. The van der Waals surface area contributed by atoms with Gasteiger partial charge in [-0.05, 0) is 12.8 Å². The highest BCUT2D eigenvalue weighted by atomic mass is 127. The minimum atomic E-state index is -4.40. The van der Waals surface area contributed by atoms with Crippen molar-refractivity contribution in [1.82, 2.24) is 15.6 Å². The standard InChI is InChI=1S/C14H21F3N4O2S.HI/c1-18-13(19-4-2-5-23-10-3-6-22-8-10)20-7-12-21-11(9-24-12)14(15,16)17;/h9-10H,2-8H2,1H3,(H2,18,19,20);1H. The van der Waals surface area contributed by atoms with E-state index >= 15 is 0 Å². The second kappa shape index (κ2) is 11.1. The molecule has 0 radical (unpaired) electrons. The van der Waals surface area contributed by atoms with Crippen LogP contribution >= 0.6 is 35.3 Å². The highest BCUT2D eigenvalue weighted by molar-refractivity contribution is 14.0. The number of alkyl halides is 3. The van der Waals surface area contributed by atoms with Crippen LogP contribution in [-0.2, 0) is 22.2 Å². The number of nitrogens with one attached hydrogen (secondary N) is 2. The molecule has 0 spiro atoms. The van der Waals surface area contributed by atoms with Gasteiger partial charge in [0, 0.05) is 32.2 Å². The van der Waals surface area contributed by atoms with Gasteiger partial charge in [0.1, 0.15) is 5.01 Å². The molecular weight excluding hydrogens is 472 g/mol. The molecule has 1 aromatic heterocycles. The Labute approximate surface area is 165 Å². The van der Waals surface area contributed by atoms with E-state index in [0.29, 0.717) is 30.7 Å². The van der Waals surface area contributed by atoms with Crippen LogP contribution in [0.1, 0.15) is 23.5 Å². The molecule has 6 nitrogen and oxygen atoms in total. The van der Waals surface area contributed by atoms with Crippen molar-refractivity contribution >= 4 is 41.3 Å². The molecule has 1 atom stereocenters. The fraction of sp³-hybridized carbons (Fsp3) is 0.714. The average molecular weight is 494 g/mol. The van der Waals surface area contributed by atoms with E-state index in [-0.39, 0.29) is 36.6 Å². The van der Waals surface area contributed by atoms with Gasteiger partial charge in [0.2, 0.25) is 0 Å². The maximum absolute atomic E-state index is 12.5. The topological polar surface area (TPSA) is 67.8 Å². The second-order valence-electron chi connectivity index (χ2n) is 5.19. The van der Waals surface area contributed by atoms with Crippen LogP contribution in [0.2, 0.25) is 0 Å². The van der Waals surface area contributed by atoms with Gasteiger partial charge < -0.3 is 20.1 Å². The van der Waals surface area contributed by atoms with E-state index < -0.39 is 11.9 Å². The summed E-state index contributed by atoms with van der Waals surface area (Å²) < 4.78 is 48.3. The van der Waals surface area contributed by atoms with Gasteiger partial charge in [0.25, 0.3) is 0 Å². The van der Waals surface area contributed by atoms with Crippen molar-refractivity contribution in [2.75, 3.05) is 33.4 Å². The van der Waals surface area contributed by atoms with Crippen molar-refractivity contribution in [2.45, 2.75) is 31.7 Å². The van der Waals surface area contributed by atoms with Crippen LogP contribution in [0.15, 0.2) is 10.4 Å². The quantitative estimate of drug-likeness (QED) is 0.264. The number of hydrogen-bond donors (Lipinski definition) is 2. The summed E-state index contributed by atoms with van der Waals surface area (Å²) in [7, 11) is 1.60. The Balaban J connectivity index is 0.00000312. The average Bonchev–Trinajstić information content (AvgIpc) is 3.20. The number of thiazole rings is 1. The van der Waals surface area contributed by atoms with Gasteiger partial charge in [-0.2, -0.15) is 13.2 Å². The highest BCUT2D eigenvalue weighted by Crippen LogP contribution is 2.29. The van der Waals surface area contributed by atoms with Gasteiger partial charge in [-0.15, -0.1) is 35.3 Å². The summed E-state index contributed by atoms with van der Waals surface area (Å²) >= 11 is 0.967. The molecule has 0 aromatic carbocycles. The second-order valence-corrected chi connectivity index (χ2v) is 6.13. The number of aliphatic imine (C=N–C) groups is 1. The molecule has 2 N–H and O–H groups in total. The molecule has 0 saturated carbocycles. The summed E-state index contributed by atoms with van der Waals surface area (Å²) in [5.74, 6) is 0.517. The third-order valence-corrected chi connectivity index (χ3v) is 4.18. The van der Waals surface area contributed by atoms with Crippen LogP contribution in [0, 0.1) is 0 Å². The SMILES string of the molecule is CN=C(NCCCOC1CCOC1)NCc1nc(C(F)(F)F)cs1.I. The molecule has 11 heteroatoms. The van der Waals surface area contributed by atoms with Gasteiger partial charge in [0.15, 0.2) is 11.7 Å². The van der Waals surface area contributed by atoms with E-state index in [1.165, 1.54) is 0 Å².